The van der Waals surface area contributed by atoms with Crippen LogP contribution in [0.25, 0.3) is 0 Å². The second kappa shape index (κ2) is 8.91. The van der Waals surface area contributed by atoms with Gasteiger partial charge in [0, 0.05) is 34.4 Å². The first-order chi connectivity index (χ1) is 13.9. The van der Waals surface area contributed by atoms with Crippen LogP contribution in [0.3, 0.4) is 0 Å². The van der Waals surface area contributed by atoms with Crippen molar-refractivity contribution in [2.75, 3.05) is 13.7 Å². The molecule has 29 heavy (non-hydrogen) atoms. The maximum absolute atomic E-state index is 12.7. The number of hydrogen-bond acceptors (Lipinski definition) is 6. The fourth-order valence-corrected chi connectivity index (χ4v) is 3.91. The maximum atomic E-state index is 12.7. The number of nitro benzene ring substituents is 1. The summed E-state index contributed by atoms with van der Waals surface area (Å²) in [6.07, 6.45) is 0.915. The first-order valence-corrected chi connectivity index (χ1v) is 9.96. The number of thiophene rings is 1. The number of Topliss-reactive ketones (excluding diaryl/α,β-unsaturated/α-hetero) is 1. The quantitative estimate of drug-likeness (QED) is 0.291. The van der Waals surface area contributed by atoms with E-state index in [9.17, 15) is 14.9 Å². The van der Waals surface area contributed by atoms with Gasteiger partial charge in [-0.25, -0.2) is 0 Å². The van der Waals surface area contributed by atoms with Gasteiger partial charge in [0.25, 0.3) is 5.69 Å². The third-order valence-corrected chi connectivity index (χ3v) is 5.69. The minimum Gasteiger partial charge on any atom is -0.493 e. The number of carbonyl (C=O) groups excluding carboxylic acids is 1. The summed E-state index contributed by atoms with van der Waals surface area (Å²) in [6.45, 7) is 4.55. The number of aromatic nitrogens is 1. The Balaban J connectivity index is 1.70. The molecule has 0 unspecified atom stereocenters. The summed E-state index contributed by atoms with van der Waals surface area (Å²) in [5.74, 6) is 0.354. The van der Waals surface area contributed by atoms with Crippen molar-refractivity contribution in [2.24, 2.45) is 0 Å². The van der Waals surface area contributed by atoms with Crippen LogP contribution in [0.15, 0.2) is 41.8 Å². The number of carbonyl (C=O) groups is 1. The fourth-order valence-electron chi connectivity index (χ4n) is 3.21. The average molecular weight is 414 g/mol. The number of hydrogen-bond donors (Lipinski definition) is 0. The molecule has 0 atom stereocenters. The molecule has 0 amide bonds. The molecule has 1 aromatic carbocycles. The molecule has 3 aromatic rings. The van der Waals surface area contributed by atoms with Crippen molar-refractivity contribution < 1.29 is 19.2 Å². The lowest BCUT2D eigenvalue weighted by molar-refractivity contribution is -0.384. The van der Waals surface area contributed by atoms with E-state index in [0.29, 0.717) is 5.56 Å². The molecule has 0 aliphatic rings. The van der Waals surface area contributed by atoms with Crippen molar-refractivity contribution in [1.82, 2.24) is 4.57 Å². The number of methoxy groups -OCH3 is 1. The van der Waals surface area contributed by atoms with E-state index in [4.69, 9.17) is 9.47 Å². The molecule has 0 aliphatic heterocycles. The summed E-state index contributed by atoms with van der Waals surface area (Å²) in [6, 6.07) is 10.1. The van der Waals surface area contributed by atoms with Crippen LogP contribution < -0.4 is 9.47 Å². The highest BCUT2D eigenvalue weighted by Gasteiger charge is 2.18. The summed E-state index contributed by atoms with van der Waals surface area (Å²) in [5, 5.41) is 12.9. The second-order valence-corrected chi connectivity index (χ2v) is 7.60. The number of rotatable bonds is 9. The van der Waals surface area contributed by atoms with Crippen LogP contribution >= 0.6 is 11.3 Å². The second-order valence-electron chi connectivity index (χ2n) is 6.57. The Hall–Kier alpha value is -3.13. The molecule has 0 saturated heterocycles. The van der Waals surface area contributed by atoms with Crippen molar-refractivity contribution in [1.29, 1.82) is 0 Å². The van der Waals surface area contributed by atoms with E-state index in [0.717, 1.165) is 24.4 Å². The highest BCUT2D eigenvalue weighted by atomic mass is 32.1. The van der Waals surface area contributed by atoms with E-state index in [1.54, 1.807) is 11.3 Å². The number of aryl methyl sites for hydroxylation is 2. The molecule has 0 bridgehead atoms. The average Bonchev–Trinajstić information content (AvgIpc) is 3.32. The standard InChI is InChI=1S/C21H22N2O5S/c1-14-11-18(15(2)22(14)9-8-17-5-4-10-29-17)19(24)13-28-20-7-6-16(23(25)26)12-21(20)27-3/h4-7,10-12H,8-9,13H2,1-3H3. The zero-order valence-electron chi connectivity index (χ0n) is 16.5. The van der Waals surface area contributed by atoms with Crippen molar-refractivity contribution in [3.8, 4) is 11.5 Å². The lowest BCUT2D eigenvalue weighted by Gasteiger charge is -2.11. The Bertz CT molecular complexity index is 1020. The van der Waals surface area contributed by atoms with Crippen LogP contribution in [0.4, 0.5) is 5.69 Å². The lowest BCUT2D eigenvalue weighted by Crippen LogP contribution is -2.13. The fraction of sp³-hybridized carbons (Fsp3) is 0.286. The third-order valence-electron chi connectivity index (χ3n) is 4.75. The van der Waals surface area contributed by atoms with Crippen LogP contribution in [-0.4, -0.2) is 29.0 Å². The van der Waals surface area contributed by atoms with Crippen LogP contribution in [-0.2, 0) is 13.0 Å². The Morgan fingerprint density at radius 1 is 1.21 bits per heavy atom. The normalized spacial score (nSPS) is 10.7. The first-order valence-electron chi connectivity index (χ1n) is 9.08. The summed E-state index contributed by atoms with van der Waals surface area (Å²) < 4.78 is 12.9. The van der Waals surface area contributed by atoms with E-state index in [2.05, 4.69) is 16.0 Å². The van der Waals surface area contributed by atoms with Gasteiger partial charge in [-0.1, -0.05) is 6.07 Å². The molecule has 0 fully saturated rings. The number of non-ortho nitro benzene ring substituents is 1. The Kier molecular flexibility index (Phi) is 6.33. The van der Waals surface area contributed by atoms with Gasteiger partial charge in [-0.3, -0.25) is 14.9 Å². The Labute approximate surface area is 172 Å². The van der Waals surface area contributed by atoms with E-state index in [1.165, 1.54) is 30.2 Å². The summed E-state index contributed by atoms with van der Waals surface area (Å²) >= 11 is 1.72. The monoisotopic (exact) mass is 414 g/mol. The predicted molar refractivity (Wildman–Crippen MR) is 111 cm³/mol. The number of ether oxygens (including phenoxy) is 2. The Morgan fingerprint density at radius 2 is 2.00 bits per heavy atom. The van der Waals surface area contributed by atoms with Gasteiger partial charge in [-0.15, -0.1) is 11.3 Å². The maximum Gasteiger partial charge on any atom is 0.273 e. The smallest absolute Gasteiger partial charge is 0.273 e. The minimum absolute atomic E-state index is 0.102. The van der Waals surface area contributed by atoms with Gasteiger partial charge in [0.1, 0.15) is 0 Å². The van der Waals surface area contributed by atoms with Crippen LogP contribution in [0.1, 0.15) is 26.6 Å². The van der Waals surface area contributed by atoms with Gasteiger partial charge >= 0.3 is 0 Å². The molecule has 0 aliphatic carbocycles. The molecular weight excluding hydrogens is 392 g/mol. The SMILES string of the molecule is COc1cc([N+](=O)[O-])ccc1OCC(=O)c1cc(C)n(CCc2cccs2)c1C. The number of ketones is 1. The van der Waals surface area contributed by atoms with Gasteiger partial charge < -0.3 is 14.0 Å². The summed E-state index contributed by atoms with van der Waals surface area (Å²) in [7, 11) is 1.40. The zero-order chi connectivity index (χ0) is 21.0. The van der Waals surface area contributed by atoms with E-state index >= 15 is 0 Å². The predicted octanol–water partition coefficient (Wildman–Crippen LogP) is 4.59. The van der Waals surface area contributed by atoms with Crippen molar-refractivity contribution in [2.45, 2.75) is 26.8 Å². The van der Waals surface area contributed by atoms with E-state index in [-0.39, 0.29) is 29.6 Å². The molecule has 0 N–H and O–H groups in total. The summed E-state index contributed by atoms with van der Waals surface area (Å²) in [5.41, 5.74) is 2.45. The molecule has 0 spiro atoms. The van der Waals surface area contributed by atoms with Crippen LogP contribution in [0, 0.1) is 24.0 Å². The van der Waals surface area contributed by atoms with Gasteiger partial charge in [0.05, 0.1) is 18.1 Å². The van der Waals surface area contributed by atoms with E-state index < -0.39 is 4.92 Å². The van der Waals surface area contributed by atoms with Crippen LogP contribution in [0.2, 0.25) is 0 Å². The summed E-state index contributed by atoms with van der Waals surface area (Å²) in [4.78, 5) is 24.4. The molecule has 2 aromatic heterocycles. The highest BCUT2D eigenvalue weighted by Crippen LogP contribution is 2.31. The molecule has 3 rings (SSSR count). The van der Waals surface area contributed by atoms with Gasteiger partial charge in [-0.05, 0) is 43.8 Å². The van der Waals surface area contributed by atoms with Crippen LogP contribution in [0.5, 0.6) is 11.5 Å². The molecule has 7 nitrogen and oxygen atoms in total. The zero-order valence-corrected chi connectivity index (χ0v) is 17.3. The molecule has 152 valence electrons. The number of nitrogens with zero attached hydrogens (tertiary/aromatic N) is 2. The van der Waals surface area contributed by atoms with Crippen molar-refractivity contribution in [3.63, 3.8) is 0 Å². The third kappa shape index (κ3) is 4.65. The number of nitro groups is 1. The minimum atomic E-state index is -0.511. The van der Waals surface area contributed by atoms with Gasteiger partial charge in [-0.2, -0.15) is 0 Å². The molecule has 8 heteroatoms. The largest absolute Gasteiger partial charge is 0.493 e. The van der Waals surface area contributed by atoms with Gasteiger partial charge in [0.15, 0.2) is 18.1 Å². The van der Waals surface area contributed by atoms with E-state index in [1.807, 2.05) is 26.0 Å². The molecule has 0 radical (unpaired) electrons. The molecule has 0 saturated carbocycles. The molecular formula is C21H22N2O5S. The topological polar surface area (TPSA) is 83.6 Å². The van der Waals surface area contributed by atoms with Gasteiger partial charge in [0.2, 0.25) is 5.78 Å². The Morgan fingerprint density at radius 3 is 2.66 bits per heavy atom. The van der Waals surface area contributed by atoms with Crippen molar-refractivity contribution in [3.05, 3.63) is 73.7 Å². The highest BCUT2D eigenvalue weighted by molar-refractivity contribution is 7.09. The van der Waals surface area contributed by atoms with Crippen molar-refractivity contribution >= 4 is 22.8 Å². The lowest BCUT2D eigenvalue weighted by atomic mass is 10.1. The number of benzene rings is 1. The first kappa shape index (κ1) is 20.6. The molecule has 2 heterocycles.